The number of halogens is 2. The Morgan fingerprint density at radius 2 is 1.60 bits per heavy atom. The number of amides is 1. The van der Waals surface area contributed by atoms with Crippen molar-refractivity contribution in [1.29, 1.82) is 0 Å². The van der Waals surface area contributed by atoms with E-state index in [4.69, 9.17) is 0 Å². The van der Waals surface area contributed by atoms with Gasteiger partial charge in [0.15, 0.2) is 0 Å². The van der Waals surface area contributed by atoms with Gasteiger partial charge in [0.1, 0.15) is 11.6 Å². The number of carbonyl (C=O) groups excluding carboxylic acids is 1. The fourth-order valence-electron chi connectivity index (χ4n) is 3.82. The van der Waals surface area contributed by atoms with Crippen LogP contribution < -0.4 is 5.32 Å². The summed E-state index contributed by atoms with van der Waals surface area (Å²) in [5.41, 5.74) is 2.22. The van der Waals surface area contributed by atoms with Crippen LogP contribution in [0.2, 0.25) is 0 Å². The summed E-state index contributed by atoms with van der Waals surface area (Å²) >= 11 is 0. The zero-order valence-corrected chi connectivity index (χ0v) is 18.0. The molecule has 2 aromatic rings. The molecule has 1 heterocycles. The van der Waals surface area contributed by atoms with Gasteiger partial charge in [-0.2, -0.15) is 4.31 Å². The van der Waals surface area contributed by atoms with Crippen LogP contribution in [-0.2, 0) is 14.8 Å². The number of sulfonamides is 1. The van der Waals surface area contributed by atoms with Gasteiger partial charge in [0.05, 0.1) is 17.1 Å². The van der Waals surface area contributed by atoms with E-state index < -0.39 is 27.6 Å². The predicted molar refractivity (Wildman–Crippen MR) is 111 cm³/mol. The van der Waals surface area contributed by atoms with Crippen LogP contribution in [0.4, 0.5) is 14.5 Å². The normalized spacial score (nSPS) is 15.9. The number of piperazine rings is 1. The first-order chi connectivity index (χ1) is 14.1. The van der Waals surface area contributed by atoms with Crippen molar-refractivity contribution in [1.82, 2.24) is 9.21 Å². The first kappa shape index (κ1) is 22.3. The Labute approximate surface area is 175 Å². The van der Waals surface area contributed by atoms with E-state index in [9.17, 15) is 22.0 Å². The fraction of sp³-hybridized carbons (Fsp3) is 0.381. The van der Waals surface area contributed by atoms with Crippen molar-refractivity contribution in [2.24, 2.45) is 0 Å². The Kier molecular flexibility index (Phi) is 6.54. The molecule has 0 unspecified atom stereocenters. The lowest BCUT2D eigenvalue weighted by Gasteiger charge is -2.34. The Bertz CT molecular complexity index is 1040. The van der Waals surface area contributed by atoms with Crippen molar-refractivity contribution < 1.29 is 22.0 Å². The molecule has 1 aliphatic rings. The van der Waals surface area contributed by atoms with E-state index in [-0.39, 0.29) is 25.3 Å². The number of nitrogens with zero attached hydrogens (tertiary/aromatic N) is 2. The Morgan fingerprint density at radius 1 is 1.00 bits per heavy atom. The summed E-state index contributed by atoms with van der Waals surface area (Å²) in [7, 11) is -3.64. The molecular weight excluding hydrogens is 412 g/mol. The van der Waals surface area contributed by atoms with Crippen LogP contribution in [0.1, 0.15) is 16.7 Å². The molecule has 0 aliphatic carbocycles. The maximum Gasteiger partial charge on any atom is 0.243 e. The molecule has 0 spiro atoms. The average Bonchev–Trinajstić information content (AvgIpc) is 2.64. The first-order valence-corrected chi connectivity index (χ1v) is 11.1. The number of hydrogen-bond donors (Lipinski definition) is 1. The molecule has 6 nitrogen and oxygen atoms in total. The molecular formula is C21H25F2N3O3S. The highest BCUT2D eigenvalue weighted by molar-refractivity contribution is 7.89. The lowest BCUT2D eigenvalue weighted by molar-refractivity contribution is -0.117. The third-order valence-corrected chi connectivity index (χ3v) is 7.31. The second-order valence-corrected chi connectivity index (χ2v) is 9.46. The van der Waals surface area contributed by atoms with Crippen molar-refractivity contribution in [3.8, 4) is 0 Å². The van der Waals surface area contributed by atoms with Crippen molar-refractivity contribution in [2.75, 3.05) is 38.0 Å². The second kappa shape index (κ2) is 8.79. The van der Waals surface area contributed by atoms with Crippen molar-refractivity contribution in [3.63, 3.8) is 0 Å². The van der Waals surface area contributed by atoms with Crippen LogP contribution in [0.15, 0.2) is 35.2 Å². The topological polar surface area (TPSA) is 69.7 Å². The molecule has 0 radical (unpaired) electrons. The minimum Gasteiger partial charge on any atom is -0.322 e. The molecule has 1 aliphatic heterocycles. The summed E-state index contributed by atoms with van der Waals surface area (Å²) in [6.45, 7) is 6.69. The molecule has 0 aromatic heterocycles. The van der Waals surface area contributed by atoms with E-state index in [1.54, 1.807) is 18.7 Å². The molecule has 1 fully saturated rings. The Balaban J connectivity index is 1.62. The number of rotatable bonds is 5. The molecule has 1 N–H and O–H groups in total. The van der Waals surface area contributed by atoms with Gasteiger partial charge in [0, 0.05) is 32.2 Å². The second-order valence-electron chi connectivity index (χ2n) is 7.58. The van der Waals surface area contributed by atoms with Crippen LogP contribution in [0.5, 0.6) is 0 Å². The first-order valence-electron chi connectivity index (χ1n) is 9.63. The largest absolute Gasteiger partial charge is 0.322 e. The van der Waals surface area contributed by atoms with Crippen molar-refractivity contribution in [2.45, 2.75) is 25.7 Å². The van der Waals surface area contributed by atoms with Crippen LogP contribution in [0.3, 0.4) is 0 Å². The van der Waals surface area contributed by atoms with E-state index in [1.807, 2.05) is 19.1 Å². The summed E-state index contributed by atoms with van der Waals surface area (Å²) in [5, 5.41) is 2.36. The molecule has 1 amide bonds. The summed E-state index contributed by atoms with van der Waals surface area (Å²) in [6.07, 6.45) is 0. The molecule has 30 heavy (non-hydrogen) atoms. The van der Waals surface area contributed by atoms with Gasteiger partial charge < -0.3 is 5.32 Å². The minimum atomic E-state index is -3.64. The van der Waals surface area contributed by atoms with Gasteiger partial charge in [0.25, 0.3) is 0 Å². The lowest BCUT2D eigenvalue weighted by atomic mass is 10.1. The molecule has 0 saturated carbocycles. The zero-order chi connectivity index (χ0) is 22.1. The molecule has 1 saturated heterocycles. The third kappa shape index (κ3) is 4.85. The standard InChI is InChI=1S/C21H25F2N3O3S/c1-14-10-15(2)21(16(3)11-14)30(28,29)26-8-6-25(7-9-26)13-20(27)24-19-12-17(22)4-5-18(19)23/h4-5,10-12H,6-9,13H2,1-3H3,(H,24,27). The summed E-state index contributed by atoms with van der Waals surface area (Å²) in [4.78, 5) is 14.3. The SMILES string of the molecule is Cc1cc(C)c(S(=O)(=O)N2CCN(CC(=O)Nc3cc(F)ccc3F)CC2)c(C)c1. The number of carbonyl (C=O) groups is 1. The van der Waals surface area contributed by atoms with Gasteiger partial charge in [-0.15, -0.1) is 0 Å². The van der Waals surface area contributed by atoms with Crippen molar-refractivity contribution in [3.05, 3.63) is 58.7 Å². The number of nitrogens with one attached hydrogen (secondary N) is 1. The van der Waals surface area contributed by atoms with Gasteiger partial charge in [-0.25, -0.2) is 17.2 Å². The Morgan fingerprint density at radius 3 is 2.20 bits per heavy atom. The van der Waals surface area contributed by atoms with Gasteiger partial charge in [0.2, 0.25) is 15.9 Å². The summed E-state index contributed by atoms with van der Waals surface area (Å²) < 4.78 is 54.6. The van der Waals surface area contributed by atoms with E-state index in [1.165, 1.54) is 4.31 Å². The monoisotopic (exact) mass is 437 g/mol. The van der Waals surface area contributed by atoms with Gasteiger partial charge in [-0.3, -0.25) is 9.69 Å². The number of benzene rings is 2. The quantitative estimate of drug-likeness (QED) is 0.781. The molecule has 9 heteroatoms. The third-order valence-electron chi connectivity index (χ3n) is 5.10. The van der Waals surface area contributed by atoms with Crippen LogP contribution in [-0.4, -0.2) is 56.3 Å². The summed E-state index contributed by atoms with van der Waals surface area (Å²) in [6, 6.07) is 6.55. The van der Waals surface area contributed by atoms with Crippen molar-refractivity contribution >= 4 is 21.6 Å². The Hall–Kier alpha value is -2.36. The predicted octanol–water partition coefficient (Wildman–Crippen LogP) is 2.84. The zero-order valence-electron chi connectivity index (χ0n) is 17.2. The molecule has 0 atom stereocenters. The molecule has 2 aromatic carbocycles. The average molecular weight is 438 g/mol. The highest BCUT2D eigenvalue weighted by Gasteiger charge is 2.31. The smallest absolute Gasteiger partial charge is 0.243 e. The van der Waals surface area contributed by atoms with Crippen LogP contribution in [0, 0.1) is 32.4 Å². The van der Waals surface area contributed by atoms with Gasteiger partial charge in [-0.1, -0.05) is 17.7 Å². The maximum atomic E-state index is 13.7. The summed E-state index contributed by atoms with van der Waals surface area (Å²) in [5.74, 6) is -1.85. The highest BCUT2D eigenvalue weighted by atomic mass is 32.2. The van der Waals surface area contributed by atoms with Crippen LogP contribution >= 0.6 is 0 Å². The van der Waals surface area contributed by atoms with Gasteiger partial charge in [-0.05, 0) is 44.0 Å². The lowest BCUT2D eigenvalue weighted by Crippen LogP contribution is -2.50. The van der Waals surface area contributed by atoms with Gasteiger partial charge >= 0.3 is 0 Å². The number of hydrogen-bond acceptors (Lipinski definition) is 4. The maximum absolute atomic E-state index is 13.7. The van der Waals surface area contributed by atoms with E-state index in [0.717, 1.165) is 23.8 Å². The number of anilines is 1. The minimum absolute atomic E-state index is 0.0353. The molecule has 162 valence electrons. The number of aryl methyl sites for hydroxylation is 3. The van der Waals surface area contributed by atoms with Crippen LogP contribution in [0.25, 0.3) is 0 Å². The molecule has 0 bridgehead atoms. The van der Waals surface area contributed by atoms with E-state index in [0.29, 0.717) is 29.1 Å². The highest BCUT2D eigenvalue weighted by Crippen LogP contribution is 2.26. The molecule has 3 rings (SSSR count). The van der Waals surface area contributed by atoms with E-state index in [2.05, 4.69) is 5.32 Å². The fourth-order valence-corrected chi connectivity index (χ4v) is 5.65. The van der Waals surface area contributed by atoms with E-state index >= 15 is 0 Å².